The fourth-order valence-corrected chi connectivity index (χ4v) is 3.97. The molecule has 7 nitrogen and oxygen atoms in total. The van der Waals surface area contributed by atoms with Crippen LogP contribution in [0, 0.1) is 5.82 Å². The van der Waals surface area contributed by atoms with Crippen LogP contribution in [0.5, 0.6) is 11.5 Å². The van der Waals surface area contributed by atoms with Gasteiger partial charge in [0.15, 0.2) is 11.5 Å². The van der Waals surface area contributed by atoms with E-state index in [2.05, 4.69) is 0 Å². The summed E-state index contributed by atoms with van der Waals surface area (Å²) in [5, 5.41) is 0. The average molecular weight is 467 g/mol. The molecule has 2 aliphatic rings. The molecule has 4 rings (SSSR count). The van der Waals surface area contributed by atoms with E-state index >= 15 is 0 Å². The number of benzene rings is 2. The van der Waals surface area contributed by atoms with E-state index in [1.54, 1.807) is 61.5 Å². The van der Waals surface area contributed by atoms with Crippen molar-refractivity contribution in [1.82, 2.24) is 4.90 Å². The maximum absolute atomic E-state index is 13.2. The number of halogens is 1. The molecule has 0 aliphatic carbocycles. The standard InChI is InChI=1S/C26H26FNO6/c1-3-31-25(29)20-14-28(12-11-17-5-8-19(27)9-6-17)15-21(26(30)32-4-2)24(20)18-7-10-22-23(13-18)34-16-33-22/h5-10,13-15,24H,3-4,11-12,16H2,1-2H3. The molecule has 0 N–H and O–H groups in total. The zero-order valence-corrected chi connectivity index (χ0v) is 19.1. The highest BCUT2D eigenvalue weighted by atomic mass is 19.1. The van der Waals surface area contributed by atoms with Gasteiger partial charge in [0.2, 0.25) is 6.79 Å². The molecule has 8 heteroatoms. The first-order valence-corrected chi connectivity index (χ1v) is 11.2. The van der Waals surface area contributed by atoms with E-state index in [4.69, 9.17) is 18.9 Å². The van der Waals surface area contributed by atoms with Crippen LogP contribution < -0.4 is 9.47 Å². The van der Waals surface area contributed by atoms with Crippen LogP contribution in [0.3, 0.4) is 0 Å². The van der Waals surface area contributed by atoms with E-state index < -0.39 is 17.9 Å². The Hall–Kier alpha value is -3.81. The Labute approximate surface area is 197 Å². The highest BCUT2D eigenvalue weighted by Crippen LogP contribution is 2.41. The Kier molecular flexibility index (Phi) is 7.15. The lowest BCUT2D eigenvalue weighted by molar-refractivity contribution is -0.139. The number of hydrogen-bond donors (Lipinski definition) is 0. The van der Waals surface area contributed by atoms with Crippen LogP contribution >= 0.6 is 0 Å². The van der Waals surface area contributed by atoms with Crippen LogP contribution in [0.2, 0.25) is 0 Å². The largest absolute Gasteiger partial charge is 0.463 e. The highest BCUT2D eigenvalue weighted by Gasteiger charge is 2.36. The summed E-state index contributed by atoms with van der Waals surface area (Å²) in [6, 6.07) is 11.5. The second-order valence-electron chi connectivity index (χ2n) is 7.77. The van der Waals surface area contributed by atoms with Gasteiger partial charge in [-0.2, -0.15) is 0 Å². The Morgan fingerprint density at radius 1 is 0.941 bits per heavy atom. The number of hydrogen-bond acceptors (Lipinski definition) is 7. The van der Waals surface area contributed by atoms with Gasteiger partial charge in [0.1, 0.15) is 5.82 Å². The molecule has 0 fully saturated rings. The Morgan fingerprint density at radius 3 is 2.18 bits per heavy atom. The van der Waals surface area contributed by atoms with Crippen LogP contribution in [0.4, 0.5) is 4.39 Å². The lowest BCUT2D eigenvalue weighted by Crippen LogP contribution is -2.30. The van der Waals surface area contributed by atoms with E-state index in [0.717, 1.165) is 5.56 Å². The Balaban J connectivity index is 1.70. The first-order valence-electron chi connectivity index (χ1n) is 11.2. The molecule has 0 spiro atoms. The molecule has 34 heavy (non-hydrogen) atoms. The minimum atomic E-state index is -0.699. The van der Waals surface area contributed by atoms with Crippen molar-refractivity contribution < 1.29 is 32.9 Å². The minimum absolute atomic E-state index is 0.113. The summed E-state index contributed by atoms with van der Waals surface area (Å²) in [7, 11) is 0. The summed E-state index contributed by atoms with van der Waals surface area (Å²) >= 11 is 0. The van der Waals surface area contributed by atoms with Gasteiger partial charge in [-0.05, 0) is 55.7 Å². The Morgan fingerprint density at radius 2 is 1.56 bits per heavy atom. The van der Waals surface area contributed by atoms with Crippen LogP contribution in [0.25, 0.3) is 0 Å². The summed E-state index contributed by atoms with van der Waals surface area (Å²) in [6.45, 7) is 4.42. The molecule has 178 valence electrons. The van der Waals surface area contributed by atoms with E-state index in [0.29, 0.717) is 41.2 Å². The molecule has 2 heterocycles. The van der Waals surface area contributed by atoms with Crippen molar-refractivity contribution in [2.75, 3.05) is 26.6 Å². The predicted molar refractivity (Wildman–Crippen MR) is 122 cm³/mol. The van der Waals surface area contributed by atoms with E-state index in [9.17, 15) is 14.0 Å². The van der Waals surface area contributed by atoms with Crippen LogP contribution in [0.15, 0.2) is 66.0 Å². The maximum atomic E-state index is 13.2. The molecule has 2 aliphatic heterocycles. The van der Waals surface area contributed by atoms with Crippen molar-refractivity contribution in [2.24, 2.45) is 0 Å². The molecule has 0 saturated carbocycles. The lowest BCUT2D eigenvalue weighted by Gasteiger charge is -2.30. The number of nitrogens with zero attached hydrogens (tertiary/aromatic N) is 1. The zero-order chi connectivity index (χ0) is 24.1. The second-order valence-corrected chi connectivity index (χ2v) is 7.77. The van der Waals surface area contributed by atoms with E-state index in [1.807, 2.05) is 0 Å². The van der Waals surface area contributed by atoms with E-state index in [1.165, 1.54) is 12.1 Å². The molecule has 0 radical (unpaired) electrons. The summed E-state index contributed by atoms with van der Waals surface area (Å²) in [6.07, 6.45) is 3.97. The fraction of sp³-hybridized carbons (Fsp3) is 0.308. The first kappa shape index (κ1) is 23.4. The SMILES string of the molecule is CCOC(=O)C1=CN(CCc2ccc(F)cc2)C=C(C(=O)OCC)C1c1ccc2c(c1)OCO2. The van der Waals surface area contributed by atoms with Gasteiger partial charge in [0.25, 0.3) is 0 Å². The second kappa shape index (κ2) is 10.4. The molecule has 0 amide bonds. The molecule has 0 saturated heterocycles. The van der Waals surface area contributed by atoms with Crippen molar-refractivity contribution >= 4 is 11.9 Å². The molecule has 0 bridgehead atoms. The highest BCUT2D eigenvalue weighted by molar-refractivity contribution is 5.98. The number of esters is 2. The number of rotatable bonds is 8. The van der Waals surface area contributed by atoms with Crippen LogP contribution in [0.1, 0.15) is 30.9 Å². The molecule has 0 unspecified atom stereocenters. The van der Waals surface area contributed by atoms with Crippen molar-refractivity contribution in [2.45, 2.75) is 26.2 Å². The third kappa shape index (κ3) is 5.06. The molecular formula is C26H26FNO6. The molecule has 0 aromatic heterocycles. The number of fused-ring (bicyclic) bond motifs is 1. The van der Waals surface area contributed by atoms with Crippen LogP contribution in [-0.2, 0) is 25.5 Å². The third-order valence-corrected chi connectivity index (χ3v) is 5.56. The van der Waals surface area contributed by atoms with Gasteiger partial charge in [-0.25, -0.2) is 14.0 Å². The fourth-order valence-electron chi connectivity index (χ4n) is 3.97. The minimum Gasteiger partial charge on any atom is -0.463 e. The van der Waals surface area contributed by atoms with Gasteiger partial charge < -0.3 is 23.8 Å². The number of carbonyl (C=O) groups is 2. The maximum Gasteiger partial charge on any atom is 0.336 e. The number of carbonyl (C=O) groups excluding carboxylic acids is 2. The molecule has 0 atom stereocenters. The molecular weight excluding hydrogens is 441 g/mol. The van der Waals surface area contributed by atoms with Gasteiger partial charge in [-0.1, -0.05) is 18.2 Å². The van der Waals surface area contributed by atoms with Gasteiger partial charge >= 0.3 is 11.9 Å². The van der Waals surface area contributed by atoms with Gasteiger partial charge in [0.05, 0.1) is 30.3 Å². The average Bonchev–Trinajstić information content (AvgIpc) is 3.31. The van der Waals surface area contributed by atoms with Crippen molar-refractivity contribution in [3.05, 3.63) is 83.0 Å². The summed E-state index contributed by atoms with van der Waals surface area (Å²) < 4.78 is 34.8. The van der Waals surface area contributed by atoms with Gasteiger partial charge in [0, 0.05) is 18.9 Å². The summed E-state index contributed by atoms with van der Waals surface area (Å²) in [5.74, 6) is -0.901. The monoisotopic (exact) mass is 467 g/mol. The predicted octanol–water partition coefficient (Wildman–Crippen LogP) is 4.09. The smallest absolute Gasteiger partial charge is 0.336 e. The quantitative estimate of drug-likeness (QED) is 0.542. The molecule has 2 aromatic rings. The van der Waals surface area contributed by atoms with E-state index in [-0.39, 0.29) is 25.8 Å². The summed E-state index contributed by atoms with van der Waals surface area (Å²) in [4.78, 5) is 27.8. The normalized spacial score (nSPS) is 15.0. The first-order chi connectivity index (χ1) is 16.5. The van der Waals surface area contributed by atoms with Gasteiger partial charge in [-0.15, -0.1) is 0 Å². The third-order valence-electron chi connectivity index (χ3n) is 5.56. The molecule has 2 aromatic carbocycles. The topological polar surface area (TPSA) is 74.3 Å². The van der Waals surface area contributed by atoms with Crippen molar-refractivity contribution in [1.29, 1.82) is 0 Å². The summed E-state index contributed by atoms with van der Waals surface area (Å²) in [5.41, 5.74) is 2.23. The van der Waals surface area contributed by atoms with Crippen molar-refractivity contribution in [3.8, 4) is 11.5 Å². The zero-order valence-electron chi connectivity index (χ0n) is 19.1. The van der Waals surface area contributed by atoms with Gasteiger partial charge in [-0.3, -0.25) is 0 Å². The van der Waals surface area contributed by atoms with Crippen LogP contribution in [-0.4, -0.2) is 43.4 Å². The lowest BCUT2D eigenvalue weighted by atomic mass is 9.83. The Bertz CT molecular complexity index is 1090. The van der Waals surface area contributed by atoms with Crippen molar-refractivity contribution in [3.63, 3.8) is 0 Å². The number of ether oxygens (including phenoxy) is 4.